The van der Waals surface area contributed by atoms with Crippen LogP contribution in [0.25, 0.3) is 10.4 Å². The monoisotopic (exact) mass is 402 g/mol. The molecular weight excluding hydrogens is 372 g/mol. The van der Waals surface area contributed by atoms with E-state index in [1.165, 1.54) is 0 Å². The number of methoxy groups -OCH3 is 1. The molecule has 0 aliphatic heterocycles. The number of rotatable bonds is 7. The van der Waals surface area contributed by atoms with Gasteiger partial charge in [0.25, 0.3) is 0 Å². The minimum atomic E-state index is -0.591. The Morgan fingerprint density at radius 1 is 1.28 bits per heavy atom. The van der Waals surface area contributed by atoms with Crippen LogP contribution in [-0.4, -0.2) is 37.5 Å². The molecule has 29 heavy (non-hydrogen) atoms. The second-order valence-corrected chi connectivity index (χ2v) is 8.17. The molecule has 0 bridgehead atoms. The largest absolute Gasteiger partial charge is 0.497 e. The molecule has 1 aliphatic rings. The van der Waals surface area contributed by atoms with Crippen molar-refractivity contribution in [2.24, 2.45) is 11.0 Å². The molecule has 8 nitrogen and oxygen atoms in total. The number of azide groups is 1. The summed E-state index contributed by atoms with van der Waals surface area (Å²) in [4.78, 5) is 15.1. The van der Waals surface area contributed by atoms with E-state index in [4.69, 9.17) is 19.7 Å². The number of nitrogens with zero attached hydrogens (tertiary/aromatic N) is 3. The Morgan fingerprint density at radius 2 is 1.97 bits per heavy atom. The predicted molar refractivity (Wildman–Crippen MR) is 111 cm³/mol. The lowest BCUT2D eigenvalue weighted by Crippen LogP contribution is -2.49. The number of carbonyl (C=O) groups is 1. The van der Waals surface area contributed by atoms with Crippen molar-refractivity contribution in [1.29, 1.82) is 0 Å². The van der Waals surface area contributed by atoms with Crippen molar-refractivity contribution < 1.29 is 19.0 Å². The highest BCUT2D eigenvalue weighted by molar-refractivity contribution is 5.68. The first kappa shape index (κ1) is 22.6. The molecule has 158 valence electrons. The summed E-state index contributed by atoms with van der Waals surface area (Å²) < 4.78 is 16.3. The topological polar surface area (TPSA) is 106 Å². The van der Waals surface area contributed by atoms with Gasteiger partial charge in [0.1, 0.15) is 11.4 Å². The second-order valence-electron chi connectivity index (χ2n) is 8.17. The lowest BCUT2D eigenvalue weighted by atomic mass is 9.84. The zero-order valence-corrected chi connectivity index (χ0v) is 17.7. The Kier molecular flexibility index (Phi) is 7.93. The van der Waals surface area contributed by atoms with Crippen LogP contribution in [0, 0.1) is 5.92 Å². The van der Waals surface area contributed by atoms with Crippen LogP contribution in [0.1, 0.15) is 39.7 Å². The van der Waals surface area contributed by atoms with Crippen LogP contribution in [0.5, 0.6) is 5.75 Å². The molecule has 8 heteroatoms. The molecule has 1 amide bonds. The number of hydrogen-bond acceptors (Lipinski definition) is 5. The first-order chi connectivity index (χ1) is 13.7. The third kappa shape index (κ3) is 7.33. The van der Waals surface area contributed by atoms with Gasteiger partial charge in [0.05, 0.1) is 26.4 Å². The lowest BCUT2D eigenvalue weighted by molar-refractivity contribution is 0.0480. The summed E-state index contributed by atoms with van der Waals surface area (Å²) in [6.07, 6.45) is 2.08. The Bertz CT molecular complexity index is 764. The molecule has 0 heterocycles. The van der Waals surface area contributed by atoms with E-state index in [0.717, 1.165) is 16.9 Å². The van der Waals surface area contributed by atoms with Gasteiger partial charge in [0.2, 0.25) is 0 Å². The molecule has 0 spiro atoms. The summed E-state index contributed by atoms with van der Waals surface area (Å²) in [5.41, 5.74) is 10.5. The van der Waals surface area contributed by atoms with Gasteiger partial charge in [0, 0.05) is 11.0 Å². The van der Waals surface area contributed by atoms with Gasteiger partial charge in [-0.25, -0.2) is 4.79 Å². The fourth-order valence-electron chi connectivity index (χ4n) is 3.27. The van der Waals surface area contributed by atoms with Crippen LogP contribution in [0.15, 0.2) is 41.0 Å². The standard InChI is InChI=1S/C21H30N4O4/c1-14-10-16(13-28-12-15-6-8-17(27-5)9-7-15)11-18(24-25-22)19(14)23-20(26)29-21(2,3)4/h6-10,14,18-19H,11-13H2,1-5H3,(H,23,26)/t14-,18+,19+/m1/s1. The van der Waals surface area contributed by atoms with Gasteiger partial charge in [0.15, 0.2) is 0 Å². The molecule has 0 radical (unpaired) electrons. The SMILES string of the molecule is COc1ccc(COCC2=C[C@@H](C)[C@H](NC(=O)OC(C)(C)C)[C@@H](N=[N+]=[N-])C2)cc1. The smallest absolute Gasteiger partial charge is 0.407 e. The second kappa shape index (κ2) is 10.2. The van der Waals surface area contributed by atoms with Crippen molar-refractivity contribution in [1.82, 2.24) is 5.32 Å². The van der Waals surface area contributed by atoms with Gasteiger partial charge in [-0.3, -0.25) is 0 Å². The van der Waals surface area contributed by atoms with Crippen molar-refractivity contribution in [3.05, 3.63) is 51.9 Å². The normalized spacial score (nSPS) is 21.6. The third-order valence-electron chi connectivity index (χ3n) is 4.55. The van der Waals surface area contributed by atoms with Crippen molar-refractivity contribution in [2.45, 2.75) is 58.4 Å². The first-order valence-electron chi connectivity index (χ1n) is 9.66. The van der Waals surface area contributed by atoms with Crippen LogP contribution < -0.4 is 10.1 Å². The summed E-state index contributed by atoms with van der Waals surface area (Å²) in [6, 6.07) is 6.98. The van der Waals surface area contributed by atoms with Crippen molar-refractivity contribution in [3.8, 4) is 5.75 Å². The van der Waals surface area contributed by atoms with E-state index in [1.807, 2.05) is 31.2 Å². The van der Waals surface area contributed by atoms with E-state index in [2.05, 4.69) is 21.4 Å². The van der Waals surface area contributed by atoms with Crippen LogP contribution >= 0.6 is 0 Å². The van der Waals surface area contributed by atoms with Crippen molar-refractivity contribution in [2.75, 3.05) is 13.7 Å². The number of benzene rings is 1. The van der Waals surface area contributed by atoms with E-state index in [1.54, 1.807) is 27.9 Å². The maximum Gasteiger partial charge on any atom is 0.407 e. The van der Waals surface area contributed by atoms with E-state index in [9.17, 15) is 4.79 Å². The van der Waals surface area contributed by atoms with Gasteiger partial charge in [-0.2, -0.15) is 0 Å². The van der Waals surface area contributed by atoms with Crippen LogP contribution in [0.2, 0.25) is 0 Å². The Balaban J connectivity index is 1.96. The molecule has 1 aliphatic carbocycles. The molecular formula is C21H30N4O4. The highest BCUT2D eigenvalue weighted by atomic mass is 16.6. The fraction of sp³-hybridized carbons (Fsp3) is 0.571. The average Bonchev–Trinajstić information content (AvgIpc) is 2.64. The fourth-order valence-corrected chi connectivity index (χ4v) is 3.27. The molecule has 0 unspecified atom stereocenters. The van der Waals surface area contributed by atoms with Crippen molar-refractivity contribution >= 4 is 6.09 Å². The van der Waals surface area contributed by atoms with Gasteiger partial charge in [-0.15, -0.1) is 0 Å². The lowest BCUT2D eigenvalue weighted by Gasteiger charge is -2.34. The Labute approximate surface area is 171 Å². The number of ether oxygens (including phenoxy) is 3. The summed E-state index contributed by atoms with van der Waals surface area (Å²) in [5.74, 6) is 0.782. The maximum atomic E-state index is 12.2. The first-order valence-corrected chi connectivity index (χ1v) is 9.66. The molecule has 3 atom stereocenters. The average molecular weight is 402 g/mol. The van der Waals surface area contributed by atoms with Gasteiger partial charge in [-0.05, 0) is 61.9 Å². The highest BCUT2D eigenvalue weighted by Gasteiger charge is 2.32. The zero-order chi connectivity index (χ0) is 21.4. The number of hydrogen-bond donors (Lipinski definition) is 1. The minimum absolute atomic E-state index is 0.0219. The van der Waals surface area contributed by atoms with E-state index < -0.39 is 17.7 Å². The summed E-state index contributed by atoms with van der Waals surface area (Å²) >= 11 is 0. The Morgan fingerprint density at radius 3 is 2.55 bits per heavy atom. The molecule has 0 aromatic heterocycles. The predicted octanol–water partition coefficient (Wildman–Crippen LogP) is 4.75. The Hall–Kier alpha value is -2.70. The molecule has 0 fully saturated rings. The number of carbonyl (C=O) groups excluding carboxylic acids is 1. The van der Waals surface area contributed by atoms with Crippen LogP contribution in [0.3, 0.4) is 0 Å². The summed E-state index contributed by atoms with van der Waals surface area (Å²) in [5, 5.41) is 6.75. The summed E-state index contributed by atoms with van der Waals surface area (Å²) in [6.45, 7) is 8.30. The summed E-state index contributed by atoms with van der Waals surface area (Å²) in [7, 11) is 1.63. The molecule has 1 aromatic carbocycles. The number of nitrogens with one attached hydrogen (secondary N) is 1. The number of alkyl carbamates (subject to hydrolysis) is 1. The van der Waals surface area contributed by atoms with E-state index >= 15 is 0 Å². The van der Waals surface area contributed by atoms with Gasteiger partial charge in [-0.1, -0.05) is 30.2 Å². The minimum Gasteiger partial charge on any atom is -0.497 e. The van der Waals surface area contributed by atoms with E-state index in [-0.39, 0.29) is 12.0 Å². The highest BCUT2D eigenvalue weighted by Crippen LogP contribution is 2.27. The molecule has 1 aromatic rings. The van der Waals surface area contributed by atoms with Crippen molar-refractivity contribution in [3.63, 3.8) is 0 Å². The molecule has 2 rings (SSSR count). The van der Waals surface area contributed by atoms with Gasteiger partial charge >= 0.3 is 6.09 Å². The maximum absolute atomic E-state index is 12.2. The quantitative estimate of drug-likeness (QED) is 0.307. The molecule has 1 N–H and O–H groups in total. The number of amides is 1. The van der Waals surface area contributed by atoms with Crippen LogP contribution in [0.4, 0.5) is 4.79 Å². The zero-order valence-electron chi connectivity index (χ0n) is 17.7. The third-order valence-corrected chi connectivity index (χ3v) is 4.55. The molecule has 0 saturated carbocycles. The van der Waals surface area contributed by atoms with E-state index in [0.29, 0.717) is 19.6 Å². The van der Waals surface area contributed by atoms with Crippen LogP contribution in [-0.2, 0) is 16.1 Å². The molecule has 0 saturated heterocycles. The van der Waals surface area contributed by atoms with Gasteiger partial charge < -0.3 is 19.5 Å².